The smallest absolute Gasteiger partial charge is 0.247 e. The zero-order chi connectivity index (χ0) is 39.3. The van der Waals surface area contributed by atoms with Crippen LogP contribution in [-0.4, -0.2) is 23.4 Å². The lowest BCUT2D eigenvalue weighted by atomic mass is 9.29. The summed E-state index contributed by atoms with van der Waals surface area (Å²) in [5, 5.41) is 0. The van der Waals surface area contributed by atoms with Crippen molar-refractivity contribution in [1.82, 2.24) is 9.97 Å². The molecule has 0 saturated heterocycles. The van der Waals surface area contributed by atoms with E-state index in [-0.39, 0.29) is 13.4 Å². The molecule has 4 heterocycles. The summed E-state index contributed by atoms with van der Waals surface area (Å²) in [5.74, 6) is 0. The minimum Gasteiger partial charge on any atom is -0.313 e. The number of hydrogen-bond acceptors (Lipinski definition) is 3. The standard InChI is InChI=1S/C51H49B2N3/c1-28-24-43-51-44(25-28)53(50-37(10)33(6)30(3)34(7)38(50)11)42-27-40(46-17-13-15-23-55-46)19-21-48(42)56(51)47-20-18-39(45-16-12-14-22-54-45)26-41(47)52(43)49-35(8)31(4)29(2)32(5)36(49)9/h12-27H,1-11H3. The topological polar surface area (TPSA) is 29.0 Å². The highest BCUT2D eigenvalue weighted by Gasteiger charge is 2.45. The minimum absolute atomic E-state index is 0.0373. The SMILES string of the molecule is Cc1cc2c3c(c1)B(c1c(C)c(C)c(C)c(C)c1C)c1cc(-c4ccccn4)ccc1N3c1ccc(-c3ccccn3)cc1B2c1c(C)c(C)c(C)c(C)c1C. The van der Waals surface area contributed by atoms with Gasteiger partial charge in [0.05, 0.1) is 11.4 Å². The molecule has 0 unspecified atom stereocenters. The predicted molar refractivity (Wildman–Crippen MR) is 242 cm³/mol. The third-order valence-corrected chi connectivity index (χ3v) is 13.9. The summed E-state index contributed by atoms with van der Waals surface area (Å²) in [6.07, 6.45) is 3.80. The summed E-state index contributed by atoms with van der Waals surface area (Å²) in [4.78, 5) is 12.3. The third-order valence-electron chi connectivity index (χ3n) is 13.9. The number of aromatic nitrogens is 2. The number of rotatable bonds is 4. The van der Waals surface area contributed by atoms with Crippen LogP contribution in [0.1, 0.15) is 61.2 Å². The first-order chi connectivity index (χ1) is 26.9. The van der Waals surface area contributed by atoms with Crippen LogP contribution in [0.5, 0.6) is 0 Å². The van der Waals surface area contributed by atoms with Crippen molar-refractivity contribution in [3.63, 3.8) is 0 Å². The van der Waals surface area contributed by atoms with Gasteiger partial charge in [-0.1, -0.05) is 87.3 Å². The lowest BCUT2D eigenvalue weighted by Gasteiger charge is -2.45. The van der Waals surface area contributed by atoms with Gasteiger partial charge in [-0.15, -0.1) is 0 Å². The summed E-state index contributed by atoms with van der Waals surface area (Å²) < 4.78 is 0. The zero-order valence-electron chi connectivity index (χ0n) is 34.7. The highest BCUT2D eigenvalue weighted by Crippen LogP contribution is 2.40. The second-order valence-electron chi connectivity index (χ2n) is 16.5. The average molecular weight is 726 g/mol. The number of pyridine rings is 2. The fourth-order valence-electron chi connectivity index (χ4n) is 10.2. The largest absolute Gasteiger partial charge is 0.313 e. The Kier molecular flexibility index (Phi) is 8.50. The summed E-state index contributed by atoms with van der Waals surface area (Å²) in [5.41, 5.74) is 31.5. The number of benzene rings is 5. The van der Waals surface area contributed by atoms with Gasteiger partial charge >= 0.3 is 0 Å². The van der Waals surface area contributed by atoms with Gasteiger partial charge in [-0.05, 0) is 179 Å². The van der Waals surface area contributed by atoms with Crippen LogP contribution < -0.4 is 37.7 Å². The Morgan fingerprint density at radius 1 is 0.393 bits per heavy atom. The maximum Gasteiger partial charge on any atom is 0.247 e. The van der Waals surface area contributed by atoms with Crippen LogP contribution in [0.25, 0.3) is 22.5 Å². The molecule has 56 heavy (non-hydrogen) atoms. The number of anilines is 3. The van der Waals surface area contributed by atoms with E-state index in [0.717, 1.165) is 22.5 Å². The highest BCUT2D eigenvalue weighted by atomic mass is 15.2. The molecule has 0 bridgehead atoms. The highest BCUT2D eigenvalue weighted by molar-refractivity contribution is 7.02. The molecule has 2 aliphatic heterocycles. The quantitative estimate of drug-likeness (QED) is 0.171. The van der Waals surface area contributed by atoms with Gasteiger partial charge in [0.15, 0.2) is 0 Å². The molecular weight excluding hydrogens is 676 g/mol. The summed E-state index contributed by atoms with van der Waals surface area (Å²) >= 11 is 0. The van der Waals surface area contributed by atoms with Crippen molar-refractivity contribution in [1.29, 1.82) is 0 Å². The Balaban J connectivity index is 1.43. The number of fused-ring (bicyclic) bond motifs is 4. The van der Waals surface area contributed by atoms with Gasteiger partial charge in [-0.25, -0.2) is 0 Å². The summed E-state index contributed by atoms with van der Waals surface area (Å²) in [6, 6.07) is 31.6. The molecule has 3 nitrogen and oxygen atoms in total. The zero-order valence-corrected chi connectivity index (χ0v) is 34.7. The molecule has 0 radical (unpaired) electrons. The monoisotopic (exact) mass is 725 g/mol. The molecule has 0 aliphatic carbocycles. The Bertz CT molecular complexity index is 2530. The molecular formula is C51H49B2N3. The normalized spacial score (nSPS) is 12.8. The van der Waals surface area contributed by atoms with Gasteiger partial charge in [0.25, 0.3) is 0 Å². The number of hydrogen-bond donors (Lipinski definition) is 0. The lowest BCUT2D eigenvalue weighted by Crippen LogP contribution is -2.66. The molecule has 0 atom stereocenters. The third kappa shape index (κ3) is 5.20. The molecule has 5 aromatic carbocycles. The van der Waals surface area contributed by atoms with Crippen molar-refractivity contribution < 1.29 is 0 Å². The number of nitrogens with zero attached hydrogens (tertiary/aromatic N) is 3. The van der Waals surface area contributed by atoms with Crippen molar-refractivity contribution in [2.45, 2.75) is 76.2 Å². The predicted octanol–water partition coefficient (Wildman–Crippen LogP) is 8.33. The Morgan fingerprint density at radius 2 is 0.768 bits per heavy atom. The van der Waals surface area contributed by atoms with E-state index in [1.807, 2.05) is 24.5 Å². The molecule has 0 saturated carbocycles. The van der Waals surface area contributed by atoms with Gasteiger partial charge in [-0.3, -0.25) is 9.97 Å². The van der Waals surface area contributed by atoms with Crippen LogP contribution in [0.15, 0.2) is 97.3 Å². The number of aryl methyl sites for hydroxylation is 1. The van der Waals surface area contributed by atoms with E-state index in [4.69, 9.17) is 9.97 Å². The van der Waals surface area contributed by atoms with E-state index in [2.05, 4.69) is 154 Å². The van der Waals surface area contributed by atoms with E-state index in [9.17, 15) is 0 Å². The second kappa shape index (κ2) is 13.2. The van der Waals surface area contributed by atoms with Crippen molar-refractivity contribution in [2.75, 3.05) is 4.90 Å². The molecule has 0 spiro atoms. The van der Waals surface area contributed by atoms with Crippen LogP contribution >= 0.6 is 0 Å². The molecule has 0 fully saturated rings. The molecule has 5 heteroatoms. The van der Waals surface area contributed by atoms with Crippen molar-refractivity contribution in [3.05, 3.63) is 159 Å². The Hall–Kier alpha value is -5.67. The molecule has 0 amide bonds. The van der Waals surface area contributed by atoms with Gasteiger partial charge in [0.2, 0.25) is 13.4 Å². The maximum absolute atomic E-state index is 4.83. The molecule has 0 N–H and O–H groups in total. The van der Waals surface area contributed by atoms with Gasteiger partial charge in [-0.2, -0.15) is 0 Å². The van der Waals surface area contributed by atoms with Crippen LogP contribution in [0, 0.1) is 76.2 Å². The van der Waals surface area contributed by atoms with E-state index >= 15 is 0 Å². The fraction of sp³-hybridized carbons (Fsp3) is 0.216. The van der Waals surface area contributed by atoms with Gasteiger partial charge < -0.3 is 4.90 Å². The second-order valence-corrected chi connectivity index (χ2v) is 16.5. The van der Waals surface area contributed by atoms with E-state index in [1.54, 1.807) is 0 Å². The van der Waals surface area contributed by atoms with Crippen molar-refractivity contribution >= 4 is 63.3 Å². The van der Waals surface area contributed by atoms with Crippen LogP contribution in [-0.2, 0) is 0 Å². The molecule has 2 aromatic heterocycles. The van der Waals surface area contributed by atoms with E-state index < -0.39 is 0 Å². The minimum atomic E-state index is 0.0373. The van der Waals surface area contributed by atoms with Crippen LogP contribution in [0.4, 0.5) is 17.1 Å². The van der Waals surface area contributed by atoms with E-state index in [1.165, 1.54) is 111 Å². The molecule has 274 valence electrons. The molecule has 9 rings (SSSR count). The molecule has 7 aromatic rings. The first kappa shape index (κ1) is 36.0. The van der Waals surface area contributed by atoms with E-state index in [0.29, 0.717) is 0 Å². The molecule has 2 aliphatic rings. The van der Waals surface area contributed by atoms with Crippen molar-refractivity contribution in [2.24, 2.45) is 0 Å². The Morgan fingerprint density at radius 3 is 1.12 bits per heavy atom. The summed E-state index contributed by atoms with van der Waals surface area (Å²) in [6.45, 7) is 25.6. The Labute approximate surface area is 334 Å². The van der Waals surface area contributed by atoms with Crippen LogP contribution in [0.2, 0.25) is 0 Å². The summed E-state index contributed by atoms with van der Waals surface area (Å²) in [7, 11) is 0. The first-order valence-electron chi connectivity index (χ1n) is 20.1. The fourth-order valence-corrected chi connectivity index (χ4v) is 10.2. The lowest BCUT2D eigenvalue weighted by molar-refractivity contribution is 1.19. The van der Waals surface area contributed by atoms with Gasteiger partial charge in [0.1, 0.15) is 0 Å². The van der Waals surface area contributed by atoms with Crippen LogP contribution in [0.3, 0.4) is 0 Å². The van der Waals surface area contributed by atoms with Crippen molar-refractivity contribution in [3.8, 4) is 22.5 Å². The first-order valence-corrected chi connectivity index (χ1v) is 20.1. The van der Waals surface area contributed by atoms with Gasteiger partial charge in [0, 0.05) is 29.5 Å². The average Bonchev–Trinajstić information content (AvgIpc) is 3.22. The maximum atomic E-state index is 4.83.